The van der Waals surface area contributed by atoms with Gasteiger partial charge in [-0.1, -0.05) is 0 Å². The summed E-state index contributed by atoms with van der Waals surface area (Å²) in [5.74, 6) is 1.21. The van der Waals surface area contributed by atoms with E-state index in [-0.39, 0.29) is 23.3 Å². The zero-order valence-corrected chi connectivity index (χ0v) is 14.1. The van der Waals surface area contributed by atoms with Crippen molar-refractivity contribution in [1.29, 1.82) is 0 Å². The van der Waals surface area contributed by atoms with Gasteiger partial charge in [0.2, 0.25) is 5.91 Å². The lowest BCUT2D eigenvalue weighted by Crippen LogP contribution is -2.63. The Bertz CT molecular complexity index is 641. The maximum absolute atomic E-state index is 12.4. The molecule has 6 nitrogen and oxygen atoms in total. The van der Waals surface area contributed by atoms with Crippen LogP contribution in [-0.2, 0) is 9.53 Å². The Hall–Kier alpha value is -1.82. The van der Waals surface area contributed by atoms with Crippen LogP contribution in [0.3, 0.4) is 0 Å². The summed E-state index contributed by atoms with van der Waals surface area (Å²) >= 11 is 0. The second-order valence-corrected chi connectivity index (χ2v) is 7.41. The van der Waals surface area contributed by atoms with Crippen molar-refractivity contribution in [2.75, 3.05) is 32.8 Å². The average molecular weight is 332 g/mol. The van der Waals surface area contributed by atoms with Gasteiger partial charge in [0.15, 0.2) is 0 Å². The van der Waals surface area contributed by atoms with Crippen molar-refractivity contribution in [3.63, 3.8) is 0 Å². The number of ether oxygens (including phenoxy) is 1. The topological polar surface area (TPSA) is 63.0 Å². The van der Waals surface area contributed by atoms with Crippen LogP contribution in [0.25, 0.3) is 0 Å². The molecule has 1 spiro atoms. The first kappa shape index (κ1) is 15.7. The van der Waals surface area contributed by atoms with Crippen LogP contribution >= 0.6 is 0 Å². The van der Waals surface area contributed by atoms with E-state index in [4.69, 9.17) is 9.15 Å². The van der Waals surface area contributed by atoms with Crippen LogP contribution in [0.5, 0.6) is 0 Å². The molecule has 0 N–H and O–H groups in total. The number of carbonyl (C=O) groups is 2. The molecule has 1 aromatic heterocycles. The number of furan rings is 1. The highest BCUT2D eigenvalue weighted by Crippen LogP contribution is 2.40. The van der Waals surface area contributed by atoms with Gasteiger partial charge in [-0.15, -0.1) is 0 Å². The summed E-state index contributed by atoms with van der Waals surface area (Å²) in [7, 11) is 0. The minimum Gasteiger partial charge on any atom is -0.469 e. The fraction of sp³-hybridized carbons (Fsp3) is 0.667. The summed E-state index contributed by atoms with van der Waals surface area (Å²) in [5, 5.41) is 0. The quantitative estimate of drug-likeness (QED) is 0.847. The van der Waals surface area contributed by atoms with Gasteiger partial charge in [0.25, 0.3) is 5.91 Å². The van der Waals surface area contributed by atoms with E-state index in [9.17, 15) is 9.59 Å². The average Bonchev–Trinajstić information content (AvgIpc) is 3.25. The molecule has 6 heteroatoms. The van der Waals surface area contributed by atoms with E-state index in [1.54, 1.807) is 19.3 Å². The summed E-state index contributed by atoms with van der Waals surface area (Å²) < 4.78 is 11.2. The van der Waals surface area contributed by atoms with E-state index in [2.05, 4.69) is 0 Å². The van der Waals surface area contributed by atoms with Crippen LogP contribution in [0, 0.1) is 12.8 Å². The van der Waals surface area contributed by atoms with Crippen molar-refractivity contribution in [3.8, 4) is 0 Å². The maximum atomic E-state index is 12.4. The number of hydrogen-bond acceptors (Lipinski definition) is 4. The smallest absolute Gasteiger partial charge is 0.257 e. The normalized spacial score (nSPS) is 25.3. The molecule has 0 saturated carbocycles. The van der Waals surface area contributed by atoms with Crippen molar-refractivity contribution in [2.45, 2.75) is 38.2 Å². The first-order chi connectivity index (χ1) is 11.6. The molecule has 4 heterocycles. The third kappa shape index (κ3) is 2.73. The van der Waals surface area contributed by atoms with Gasteiger partial charge in [-0.05, 0) is 38.2 Å². The highest BCUT2D eigenvalue weighted by molar-refractivity contribution is 5.95. The summed E-state index contributed by atoms with van der Waals surface area (Å²) in [4.78, 5) is 28.5. The number of likely N-dealkylation sites (tertiary alicyclic amines) is 2. The Kier molecular flexibility index (Phi) is 3.87. The van der Waals surface area contributed by atoms with Crippen molar-refractivity contribution >= 4 is 11.8 Å². The lowest BCUT2D eigenvalue weighted by Gasteiger charge is -2.47. The molecule has 1 unspecified atom stereocenters. The van der Waals surface area contributed by atoms with E-state index < -0.39 is 0 Å². The van der Waals surface area contributed by atoms with Gasteiger partial charge in [0, 0.05) is 19.5 Å². The van der Waals surface area contributed by atoms with Crippen LogP contribution in [0.2, 0.25) is 0 Å². The van der Waals surface area contributed by atoms with E-state index in [1.165, 1.54) is 0 Å². The summed E-state index contributed by atoms with van der Waals surface area (Å²) in [6.07, 6.45) is 5.25. The van der Waals surface area contributed by atoms with Gasteiger partial charge in [0.1, 0.15) is 11.4 Å². The largest absolute Gasteiger partial charge is 0.469 e. The molecule has 1 aromatic rings. The molecule has 3 aliphatic heterocycles. The van der Waals surface area contributed by atoms with Gasteiger partial charge in [-0.3, -0.25) is 9.59 Å². The molecule has 0 bridgehead atoms. The monoisotopic (exact) mass is 332 g/mol. The number of amides is 2. The molecular formula is C18H24N2O4. The minimum atomic E-state index is -0.233. The Labute approximate surface area is 141 Å². The lowest BCUT2D eigenvalue weighted by atomic mass is 9.85. The van der Waals surface area contributed by atoms with Gasteiger partial charge in [0.05, 0.1) is 31.5 Å². The third-order valence-electron chi connectivity index (χ3n) is 5.54. The summed E-state index contributed by atoms with van der Waals surface area (Å²) in [6, 6.07) is 1.72. The van der Waals surface area contributed by atoms with Crippen molar-refractivity contribution < 1.29 is 18.7 Å². The van der Waals surface area contributed by atoms with Gasteiger partial charge < -0.3 is 19.0 Å². The Morgan fingerprint density at radius 3 is 2.67 bits per heavy atom. The predicted molar refractivity (Wildman–Crippen MR) is 86.6 cm³/mol. The molecule has 1 atom stereocenters. The molecule has 0 radical (unpaired) electrons. The zero-order chi connectivity index (χ0) is 16.7. The summed E-state index contributed by atoms with van der Waals surface area (Å²) in [6.45, 7) is 5.48. The van der Waals surface area contributed by atoms with Crippen LogP contribution in [0.1, 0.15) is 41.8 Å². The number of aryl methyl sites for hydroxylation is 1. The fourth-order valence-electron chi connectivity index (χ4n) is 4.20. The second-order valence-electron chi connectivity index (χ2n) is 7.41. The van der Waals surface area contributed by atoms with Crippen LogP contribution in [-0.4, -0.2) is 60.0 Å². The second kappa shape index (κ2) is 5.92. The van der Waals surface area contributed by atoms with Gasteiger partial charge in [-0.25, -0.2) is 0 Å². The Morgan fingerprint density at radius 1 is 1.25 bits per heavy atom. The van der Waals surface area contributed by atoms with Crippen LogP contribution in [0.4, 0.5) is 0 Å². The molecule has 24 heavy (non-hydrogen) atoms. The lowest BCUT2D eigenvalue weighted by molar-refractivity contribution is -0.131. The molecule has 0 aromatic carbocycles. The molecule has 4 rings (SSSR count). The number of hydrogen-bond donors (Lipinski definition) is 0. The predicted octanol–water partition coefficient (Wildman–Crippen LogP) is 1.83. The van der Waals surface area contributed by atoms with E-state index in [0.29, 0.717) is 37.4 Å². The highest BCUT2D eigenvalue weighted by Gasteiger charge is 2.51. The van der Waals surface area contributed by atoms with Crippen molar-refractivity contribution in [2.24, 2.45) is 5.92 Å². The molecule has 130 valence electrons. The molecular weight excluding hydrogens is 308 g/mol. The third-order valence-corrected chi connectivity index (χ3v) is 5.54. The summed E-state index contributed by atoms with van der Waals surface area (Å²) in [5.41, 5.74) is 0.395. The first-order valence-corrected chi connectivity index (χ1v) is 8.81. The maximum Gasteiger partial charge on any atom is 0.257 e. The highest BCUT2D eigenvalue weighted by atomic mass is 16.5. The van der Waals surface area contributed by atoms with Crippen LogP contribution in [0.15, 0.2) is 16.7 Å². The Morgan fingerprint density at radius 2 is 2.00 bits per heavy atom. The number of rotatable bonds is 3. The van der Waals surface area contributed by atoms with Crippen molar-refractivity contribution in [3.05, 3.63) is 23.7 Å². The standard InChI is InChI=1S/C18H24N2O4/c1-13-15(4-7-23-13)17(22)20-11-18(12-20)9-14(10-24-18)8-16(21)19-5-2-3-6-19/h4,7,14H,2-3,5-6,8-12H2,1H3. The van der Waals surface area contributed by atoms with E-state index in [0.717, 1.165) is 32.4 Å². The zero-order valence-electron chi connectivity index (χ0n) is 14.1. The number of nitrogens with zero attached hydrogens (tertiary/aromatic N) is 2. The molecule has 3 saturated heterocycles. The first-order valence-electron chi connectivity index (χ1n) is 8.81. The SMILES string of the molecule is Cc1occc1C(=O)N1CC2(CC(CC(=O)N3CCCC3)CO2)C1. The molecule has 3 fully saturated rings. The molecule has 2 amide bonds. The van der Waals surface area contributed by atoms with E-state index in [1.807, 2.05) is 9.80 Å². The van der Waals surface area contributed by atoms with Gasteiger partial charge >= 0.3 is 0 Å². The van der Waals surface area contributed by atoms with Gasteiger partial charge in [-0.2, -0.15) is 0 Å². The van der Waals surface area contributed by atoms with E-state index >= 15 is 0 Å². The number of carbonyl (C=O) groups excluding carboxylic acids is 2. The van der Waals surface area contributed by atoms with Crippen molar-refractivity contribution in [1.82, 2.24) is 9.80 Å². The minimum absolute atomic E-state index is 0.00654. The molecule has 0 aliphatic carbocycles. The fourth-order valence-corrected chi connectivity index (χ4v) is 4.20. The Balaban J connectivity index is 1.29. The van der Waals surface area contributed by atoms with Crippen LogP contribution < -0.4 is 0 Å². The molecule has 3 aliphatic rings.